The summed E-state index contributed by atoms with van der Waals surface area (Å²) >= 11 is 1.49. The third kappa shape index (κ3) is 3.91. The van der Waals surface area contributed by atoms with Gasteiger partial charge in [-0.25, -0.2) is 22.9 Å². The largest absolute Gasteiger partial charge is 0.481 e. The molecule has 1 aliphatic heterocycles. The first-order valence-electron chi connectivity index (χ1n) is 7.80. The molecule has 2 aromatic rings. The van der Waals surface area contributed by atoms with Crippen LogP contribution in [0.5, 0.6) is 5.88 Å². The molecular weight excluding hydrogens is 376 g/mol. The molecule has 26 heavy (non-hydrogen) atoms. The van der Waals surface area contributed by atoms with Crippen molar-refractivity contribution >= 4 is 33.8 Å². The Hall–Kier alpha value is -2.33. The average molecular weight is 394 g/mol. The van der Waals surface area contributed by atoms with Crippen molar-refractivity contribution in [1.29, 1.82) is 0 Å². The smallest absolute Gasteiger partial charge is 0.335 e. The minimum atomic E-state index is -4.02. The van der Waals surface area contributed by atoms with Crippen molar-refractivity contribution < 1.29 is 17.9 Å². The Kier molecular flexibility index (Phi) is 5.05. The number of hydrogen-bond acceptors (Lipinski definition) is 7. The third-order valence-corrected chi connectivity index (χ3v) is 6.46. The molecule has 1 aliphatic rings. The van der Waals surface area contributed by atoms with E-state index in [1.165, 1.54) is 24.9 Å². The van der Waals surface area contributed by atoms with Crippen molar-refractivity contribution in [3.8, 4) is 5.88 Å². The van der Waals surface area contributed by atoms with Crippen molar-refractivity contribution in [1.82, 2.24) is 14.7 Å². The van der Waals surface area contributed by atoms with Gasteiger partial charge >= 0.3 is 6.03 Å². The molecule has 0 aliphatic carbocycles. The number of fused-ring (bicyclic) bond motifs is 1. The van der Waals surface area contributed by atoms with Crippen LogP contribution in [-0.4, -0.2) is 36.8 Å². The highest BCUT2D eigenvalue weighted by molar-refractivity contribution is 8.01. The van der Waals surface area contributed by atoms with E-state index in [9.17, 15) is 13.2 Å². The summed E-state index contributed by atoms with van der Waals surface area (Å²) in [7, 11) is -2.59. The number of nitrogens with zero attached hydrogens (tertiary/aromatic N) is 2. The Labute approximate surface area is 155 Å². The lowest BCUT2D eigenvalue weighted by Crippen LogP contribution is -2.35. The molecule has 1 aromatic heterocycles. The molecule has 0 saturated carbocycles. The Bertz CT molecular complexity index is 963. The molecule has 0 saturated heterocycles. The monoisotopic (exact) mass is 394 g/mol. The number of nitrogens with one attached hydrogen (secondary N) is 2. The summed E-state index contributed by atoms with van der Waals surface area (Å²) in [4.78, 5) is 20.9. The molecule has 2 amide bonds. The van der Waals surface area contributed by atoms with Crippen molar-refractivity contribution in [3.05, 3.63) is 35.5 Å². The van der Waals surface area contributed by atoms with Crippen LogP contribution in [0.2, 0.25) is 0 Å². The maximum Gasteiger partial charge on any atom is 0.335 e. The highest BCUT2D eigenvalue weighted by Gasteiger charge is 2.28. The summed E-state index contributed by atoms with van der Waals surface area (Å²) < 4.78 is 32.3. The van der Waals surface area contributed by atoms with Crippen LogP contribution in [0.25, 0.3) is 0 Å². The number of anilines is 1. The van der Waals surface area contributed by atoms with E-state index in [0.29, 0.717) is 15.8 Å². The van der Waals surface area contributed by atoms with Crippen molar-refractivity contribution in [3.63, 3.8) is 0 Å². The molecule has 0 radical (unpaired) electrons. The van der Waals surface area contributed by atoms with E-state index in [2.05, 4.69) is 15.3 Å². The Balaban J connectivity index is 1.80. The minimum absolute atomic E-state index is 0.0455. The van der Waals surface area contributed by atoms with Crippen LogP contribution in [0.4, 0.5) is 10.7 Å². The summed E-state index contributed by atoms with van der Waals surface area (Å²) in [5.41, 5.74) is 1.54. The lowest BCUT2D eigenvalue weighted by molar-refractivity contribution is 0.256. The quantitative estimate of drug-likeness (QED) is 0.819. The van der Waals surface area contributed by atoms with Crippen LogP contribution < -0.4 is 14.8 Å². The van der Waals surface area contributed by atoms with E-state index in [1.54, 1.807) is 19.1 Å². The maximum atomic E-state index is 12.6. The van der Waals surface area contributed by atoms with Gasteiger partial charge < -0.3 is 4.74 Å². The van der Waals surface area contributed by atoms with E-state index in [4.69, 9.17) is 4.74 Å². The van der Waals surface area contributed by atoms with Gasteiger partial charge in [-0.1, -0.05) is 19.1 Å². The summed E-state index contributed by atoms with van der Waals surface area (Å²) in [6, 6.07) is 5.72. The predicted molar refractivity (Wildman–Crippen MR) is 98.1 cm³/mol. The summed E-state index contributed by atoms with van der Waals surface area (Å²) in [5.74, 6) is 0.220. The van der Waals surface area contributed by atoms with Gasteiger partial charge in [0.2, 0.25) is 11.8 Å². The predicted octanol–water partition coefficient (Wildman–Crippen LogP) is 2.34. The molecule has 0 spiro atoms. The van der Waals surface area contributed by atoms with Crippen molar-refractivity contribution in [2.75, 3.05) is 12.4 Å². The fourth-order valence-corrected chi connectivity index (χ4v) is 5.29. The number of aromatic nitrogens is 2. The van der Waals surface area contributed by atoms with Crippen molar-refractivity contribution in [2.24, 2.45) is 0 Å². The fraction of sp³-hybridized carbons (Fsp3) is 0.312. The van der Waals surface area contributed by atoms with E-state index in [-0.39, 0.29) is 16.7 Å². The second-order valence-corrected chi connectivity index (χ2v) is 8.91. The second-order valence-electron chi connectivity index (χ2n) is 5.81. The Morgan fingerprint density at radius 1 is 1.35 bits per heavy atom. The molecule has 0 fully saturated rings. The zero-order valence-electron chi connectivity index (χ0n) is 14.4. The number of carbonyl (C=O) groups is 1. The van der Waals surface area contributed by atoms with Gasteiger partial charge in [-0.05, 0) is 25.0 Å². The highest BCUT2D eigenvalue weighted by Crippen LogP contribution is 2.40. The molecule has 1 atom stereocenters. The van der Waals surface area contributed by atoms with Crippen LogP contribution in [-0.2, 0) is 16.4 Å². The molecule has 1 aromatic carbocycles. The number of methoxy groups -OCH3 is 1. The van der Waals surface area contributed by atoms with Crippen LogP contribution >= 0.6 is 11.8 Å². The average Bonchev–Trinajstić information content (AvgIpc) is 2.93. The number of amides is 2. The third-order valence-electron chi connectivity index (χ3n) is 3.67. The Morgan fingerprint density at radius 3 is 2.85 bits per heavy atom. The zero-order chi connectivity index (χ0) is 18.9. The van der Waals surface area contributed by atoms with Gasteiger partial charge in [0, 0.05) is 21.9 Å². The van der Waals surface area contributed by atoms with Gasteiger partial charge in [0.05, 0.1) is 7.11 Å². The molecule has 1 unspecified atom stereocenters. The second kappa shape index (κ2) is 7.12. The van der Waals surface area contributed by atoms with E-state index >= 15 is 0 Å². The molecule has 138 valence electrons. The number of benzene rings is 1. The van der Waals surface area contributed by atoms with Gasteiger partial charge in [-0.2, -0.15) is 4.98 Å². The number of aryl methyl sites for hydroxylation is 1. The molecule has 8 nitrogen and oxygen atoms in total. The van der Waals surface area contributed by atoms with Gasteiger partial charge in [0.15, 0.2) is 0 Å². The highest BCUT2D eigenvalue weighted by atomic mass is 32.2. The van der Waals surface area contributed by atoms with E-state index < -0.39 is 16.1 Å². The minimum Gasteiger partial charge on any atom is -0.481 e. The van der Waals surface area contributed by atoms with Gasteiger partial charge in [-0.15, -0.1) is 11.8 Å². The molecule has 3 rings (SSSR count). The lowest BCUT2D eigenvalue weighted by atomic mass is 10.1. The van der Waals surface area contributed by atoms with Gasteiger partial charge in [0.1, 0.15) is 4.90 Å². The van der Waals surface area contributed by atoms with Crippen LogP contribution in [0, 0.1) is 6.92 Å². The number of rotatable bonds is 4. The molecule has 10 heteroatoms. The van der Waals surface area contributed by atoms with Gasteiger partial charge in [0.25, 0.3) is 10.0 Å². The lowest BCUT2D eigenvalue weighted by Gasteiger charge is -2.11. The van der Waals surface area contributed by atoms with E-state index in [0.717, 1.165) is 12.0 Å². The van der Waals surface area contributed by atoms with Crippen LogP contribution in [0.15, 0.2) is 34.1 Å². The zero-order valence-corrected chi connectivity index (χ0v) is 16.1. The molecular formula is C16H18N4O4S2. The number of hydrogen-bond donors (Lipinski definition) is 2. The van der Waals surface area contributed by atoms with Crippen LogP contribution in [0.3, 0.4) is 0 Å². The van der Waals surface area contributed by atoms with E-state index in [1.807, 2.05) is 17.7 Å². The maximum absolute atomic E-state index is 12.6. The SMILES string of the molecule is COc1cc(C)nc(NC(=O)NS(=O)(=O)c2cccc3c2SC(C)C3)n1. The topological polar surface area (TPSA) is 110 Å². The van der Waals surface area contributed by atoms with Crippen molar-refractivity contribution in [2.45, 2.75) is 35.3 Å². The standard InChI is InChI=1S/C16H18N4O4S2/c1-9-7-13(24-3)18-15(17-9)19-16(21)20-26(22,23)12-6-4-5-11-8-10(2)25-14(11)12/h4-7,10H,8H2,1-3H3,(H2,17,18,19,20,21). The van der Waals surface area contributed by atoms with Gasteiger partial charge in [-0.3, -0.25) is 5.32 Å². The van der Waals surface area contributed by atoms with Crippen LogP contribution in [0.1, 0.15) is 18.2 Å². The number of thioether (sulfide) groups is 1. The summed E-state index contributed by atoms with van der Waals surface area (Å²) in [5, 5.41) is 2.62. The first kappa shape index (κ1) is 18.5. The number of urea groups is 1. The number of sulfonamides is 1. The molecule has 2 N–H and O–H groups in total. The summed E-state index contributed by atoms with van der Waals surface area (Å²) in [6.45, 7) is 3.74. The normalized spacial score (nSPS) is 16.0. The first-order chi connectivity index (χ1) is 12.3. The number of ether oxygens (including phenoxy) is 1. The summed E-state index contributed by atoms with van der Waals surface area (Å²) in [6.07, 6.45) is 0.798. The fourth-order valence-electron chi connectivity index (χ4n) is 2.62. The molecule has 2 heterocycles. The molecule has 0 bridgehead atoms. The first-order valence-corrected chi connectivity index (χ1v) is 10.2. The Morgan fingerprint density at radius 2 is 2.12 bits per heavy atom. The number of carbonyl (C=O) groups excluding carboxylic acids is 1.